The van der Waals surface area contributed by atoms with Crippen molar-refractivity contribution >= 4 is 48.9 Å². The zero-order chi connectivity index (χ0) is 14.9. The van der Waals surface area contributed by atoms with Crippen molar-refractivity contribution in [2.24, 2.45) is 0 Å². The second-order valence-electron chi connectivity index (χ2n) is 4.25. The zero-order valence-electron chi connectivity index (χ0n) is 10.5. The number of hydrogen-bond acceptors (Lipinski definition) is 3. The van der Waals surface area contributed by atoms with Crippen LogP contribution in [0, 0.1) is 6.92 Å². The van der Waals surface area contributed by atoms with Crippen LogP contribution in [0.2, 0.25) is 5.02 Å². The molecule has 0 saturated carbocycles. The number of hydrogen-bond donors (Lipinski definition) is 2. The van der Waals surface area contributed by atoms with Crippen LogP contribution in [0.1, 0.15) is 5.56 Å². The molecule has 0 atom stereocenters. The smallest absolute Gasteiger partial charge is 0.261 e. The van der Waals surface area contributed by atoms with Gasteiger partial charge >= 0.3 is 0 Å². The van der Waals surface area contributed by atoms with Gasteiger partial charge in [-0.1, -0.05) is 33.6 Å². The number of benzene rings is 2. The van der Waals surface area contributed by atoms with Gasteiger partial charge in [-0.15, -0.1) is 0 Å². The summed E-state index contributed by atoms with van der Waals surface area (Å²) < 4.78 is 27.9. The van der Waals surface area contributed by atoms with Crippen LogP contribution < -0.4 is 10.5 Å². The van der Waals surface area contributed by atoms with Gasteiger partial charge in [0.2, 0.25) is 0 Å². The van der Waals surface area contributed by atoms with Crippen molar-refractivity contribution in [3.63, 3.8) is 0 Å². The Labute approximate surface area is 131 Å². The molecule has 0 aliphatic rings. The maximum atomic E-state index is 12.3. The highest BCUT2D eigenvalue weighted by molar-refractivity contribution is 9.10. The molecule has 3 N–H and O–H groups in total. The van der Waals surface area contributed by atoms with E-state index in [1.807, 2.05) is 19.1 Å². The molecule has 0 aliphatic carbocycles. The van der Waals surface area contributed by atoms with Crippen LogP contribution in [0.25, 0.3) is 0 Å². The monoisotopic (exact) mass is 374 g/mol. The third-order valence-electron chi connectivity index (χ3n) is 2.72. The minimum Gasteiger partial charge on any atom is -0.397 e. The van der Waals surface area contributed by atoms with Crippen LogP contribution in [0.15, 0.2) is 45.8 Å². The lowest BCUT2D eigenvalue weighted by molar-refractivity contribution is 0.601. The van der Waals surface area contributed by atoms with Crippen LogP contribution >= 0.6 is 27.5 Å². The van der Waals surface area contributed by atoms with Gasteiger partial charge in [0.25, 0.3) is 10.0 Å². The van der Waals surface area contributed by atoms with Crippen molar-refractivity contribution < 1.29 is 8.42 Å². The Kier molecular flexibility index (Phi) is 4.27. The minimum atomic E-state index is -3.70. The molecule has 4 nitrogen and oxygen atoms in total. The van der Waals surface area contributed by atoms with E-state index in [1.165, 1.54) is 18.2 Å². The molecule has 106 valence electrons. The van der Waals surface area contributed by atoms with E-state index in [0.29, 0.717) is 10.7 Å². The molecular weight excluding hydrogens is 364 g/mol. The maximum absolute atomic E-state index is 12.3. The lowest BCUT2D eigenvalue weighted by Crippen LogP contribution is -2.14. The molecule has 0 saturated heterocycles. The van der Waals surface area contributed by atoms with Gasteiger partial charge < -0.3 is 5.73 Å². The largest absolute Gasteiger partial charge is 0.397 e. The third kappa shape index (κ3) is 3.26. The minimum absolute atomic E-state index is 0.0683. The van der Waals surface area contributed by atoms with Gasteiger partial charge in [0.1, 0.15) is 0 Å². The lowest BCUT2D eigenvalue weighted by atomic mass is 10.2. The van der Waals surface area contributed by atoms with Crippen molar-refractivity contribution in [2.45, 2.75) is 11.8 Å². The van der Waals surface area contributed by atoms with Crippen molar-refractivity contribution in [1.29, 1.82) is 0 Å². The van der Waals surface area contributed by atoms with Crippen molar-refractivity contribution in [2.75, 3.05) is 10.5 Å². The maximum Gasteiger partial charge on any atom is 0.261 e. The summed E-state index contributed by atoms with van der Waals surface area (Å²) in [6.07, 6.45) is 0. The summed E-state index contributed by atoms with van der Waals surface area (Å²) in [7, 11) is -3.70. The molecule has 2 aromatic carbocycles. The van der Waals surface area contributed by atoms with E-state index < -0.39 is 10.0 Å². The van der Waals surface area contributed by atoms with Gasteiger partial charge in [-0.05, 0) is 42.8 Å². The number of nitrogens with two attached hydrogens (primary N) is 1. The molecule has 2 rings (SSSR count). The SMILES string of the molecule is Cc1ccc(Br)cc1NS(=O)(=O)c1ccc(Cl)c(N)c1. The standard InChI is InChI=1S/C13H12BrClN2O2S/c1-8-2-3-9(14)6-13(8)17-20(18,19)10-4-5-11(15)12(16)7-10/h2-7,17H,16H2,1H3. The summed E-state index contributed by atoms with van der Waals surface area (Å²) >= 11 is 9.10. The third-order valence-corrected chi connectivity index (χ3v) is 4.92. The number of nitrogens with one attached hydrogen (secondary N) is 1. The summed E-state index contributed by atoms with van der Waals surface area (Å²) in [5.41, 5.74) is 7.18. The van der Waals surface area contributed by atoms with Gasteiger partial charge in [0.15, 0.2) is 0 Å². The Bertz CT molecular complexity index is 763. The molecule has 20 heavy (non-hydrogen) atoms. The summed E-state index contributed by atoms with van der Waals surface area (Å²) in [6.45, 7) is 1.82. The van der Waals surface area contributed by atoms with Gasteiger partial charge in [0.05, 0.1) is 21.3 Å². The molecule has 0 unspecified atom stereocenters. The molecule has 0 aromatic heterocycles. The summed E-state index contributed by atoms with van der Waals surface area (Å²) in [6, 6.07) is 9.56. The fraction of sp³-hybridized carbons (Fsp3) is 0.0769. The normalized spacial score (nSPS) is 11.3. The van der Waals surface area contributed by atoms with Crippen molar-refractivity contribution in [3.8, 4) is 0 Å². The fourth-order valence-electron chi connectivity index (χ4n) is 1.60. The molecule has 0 bridgehead atoms. The molecule has 0 radical (unpaired) electrons. The Morgan fingerprint density at radius 2 is 1.90 bits per heavy atom. The average molecular weight is 376 g/mol. The van der Waals surface area contributed by atoms with Crippen LogP contribution in [0.5, 0.6) is 0 Å². The Morgan fingerprint density at radius 1 is 1.20 bits per heavy atom. The van der Waals surface area contributed by atoms with Crippen LogP contribution in [0.3, 0.4) is 0 Å². The molecule has 0 heterocycles. The van der Waals surface area contributed by atoms with Crippen LogP contribution in [-0.2, 0) is 10.0 Å². The van der Waals surface area contributed by atoms with E-state index in [-0.39, 0.29) is 10.6 Å². The molecule has 7 heteroatoms. The zero-order valence-corrected chi connectivity index (χ0v) is 13.7. The number of halogens is 2. The number of aryl methyl sites for hydroxylation is 1. The average Bonchev–Trinajstić information content (AvgIpc) is 2.36. The highest BCUT2D eigenvalue weighted by atomic mass is 79.9. The van der Waals surface area contributed by atoms with Gasteiger partial charge in [-0.3, -0.25) is 4.72 Å². The summed E-state index contributed by atoms with van der Waals surface area (Å²) in [5, 5.41) is 0.322. The van der Waals surface area contributed by atoms with E-state index in [4.69, 9.17) is 17.3 Å². The lowest BCUT2D eigenvalue weighted by Gasteiger charge is -2.11. The first-order valence-electron chi connectivity index (χ1n) is 5.63. The van der Waals surface area contributed by atoms with Gasteiger partial charge in [-0.25, -0.2) is 8.42 Å². The highest BCUT2D eigenvalue weighted by Gasteiger charge is 2.16. The molecule has 0 amide bonds. The van der Waals surface area contributed by atoms with E-state index in [9.17, 15) is 8.42 Å². The predicted octanol–water partition coefficient (Wildman–Crippen LogP) is 3.79. The quantitative estimate of drug-likeness (QED) is 0.802. The first kappa shape index (κ1) is 15.2. The Balaban J connectivity index is 2.40. The first-order chi connectivity index (χ1) is 9.29. The predicted molar refractivity (Wildman–Crippen MR) is 85.6 cm³/mol. The van der Waals surface area contributed by atoms with E-state index in [0.717, 1.165) is 10.0 Å². The number of anilines is 2. The molecule has 0 aliphatic heterocycles. The van der Waals surface area contributed by atoms with E-state index >= 15 is 0 Å². The molecule has 0 spiro atoms. The van der Waals surface area contributed by atoms with Gasteiger partial charge in [-0.2, -0.15) is 0 Å². The van der Waals surface area contributed by atoms with E-state index in [2.05, 4.69) is 20.7 Å². The topological polar surface area (TPSA) is 72.2 Å². The van der Waals surface area contributed by atoms with Gasteiger partial charge in [0, 0.05) is 4.47 Å². The first-order valence-corrected chi connectivity index (χ1v) is 8.29. The van der Waals surface area contributed by atoms with Crippen LogP contribution in [0.4, 0.5) is 11.4 Å². The Morgan fingerprint density at radius 3 is 2.55 bits per heavy atom. The summed E-state index contributed by atoms with van der Waals surface area (Å²) in [5.74, 6) is 0. The molecular formula is C13H12BrClN2O2S. The number of nitrogen functional groups attached to an aromatic ring is 1. The van der Waals surface area contributed by atoms with E-state index in [1.54, 1.807) is 6.07 Å². The highest BCUT2D eigenvalue weighted by Crippen LogP contribution is 2.26. The second kappa shape index (κ2) is 5.63. The second-order valence-corrected chi connectivity index (χ2v) is 7.25. The van der Waals surface area contributed by atoms with Crippen LogP contribution in [-0.4, -0.2) is 8.42 Å². The van der Waals surface area contributed by atoms with Crippen molar-refractivity contribution in [3.05, 3.63) is 51.5 Å². The number of sulfonamides is 1. The molecule has 0 fully saturated rings. The summed E-state index contributed by atoms with van der Waals surface area (Å²) in [4.78, 5) is 0.0683. The Hall–Kier alpha value is -1.24. The van der Waals surface area contributed by atoms with Crippen molar-refractivity contribution in [1.82, 2.24) is 0 Å². The fourth-order valence-corrected chi connectivity index (χ4v) is 3.23. The number of rotatable bonds is 3. The molecule has 2 aromatic rings.